The Labute approximate surface area is 122 Å². The second-order valence-corrected chi connectivity index (χ2v) is 4.05. The molecule has 0 radical (unpaired) electrons. The summed E-state index contributed by atoms with van der Waals surface area (Å²) in [4.78, 5) is 0. The zero-order valence-corrected chi connectivity index (χ0v) is 12.7. The molecule has 17 heavy (non-hydrogen) atoms. The van der Waals surface area contributed by atoms with Crippen LogP contribution >= 0.6 is 11.7 Å². The molecule has 6 heteroatoms. The quantitative estimate of drug-likeness (QED) is 0.507. The van der Waals surface area contributed by atoms with E-state index in [-0.39, 0.29) is 24.0 Å². The number of aromatic nitrogens is 3. The zero-order valence-electron chi connectivity index (χ0n) is 9.76. The Morgan fingerprint density at radius 3 is 2.94 bits per heavy atom. The van der Waals surface area contributed by atoms with Gasteiger partial charge in [-0.05, 0) is 12.5 Å². The van der Waals surface area contributed by atoms with E-state index < -0.39 is 0 Å². The van der Waals surface area contributed by atoms with Gasteiger partial charge in [-0.3, -0.25) is 0 Å². The van der Waals surface area contributed by atoms with Crippen molar-refractivity contribution < 1.29 is 33.3 Å². The van der Waals surface area contributed by atoms with E-state index in [0.717, 1.165) is 17.7 Å². The first-order valence-corrected chi connectivity index (χ1v) is 5.95. The summed E-state index contributed by atoms with van der Waals surface area (Å²) >= 11 is 1.18. The minimum atomic E-state index is 0. The van der Waals surface area contributed by atoms with Crippen molar-refractivity contribution in [3.63, 3.8) is 0 Å². The Bertz CT molecular complexity index is 475. The average molecular weight is 363 g/mol. The molecule has 0 fully saturated rings. The Balaban J connectivity index is 0.00000144. The lowest BCUT2D eigenvalue weighted by Gasteiger charge is -2.01. The molecule has 2 heterocycles. The molecule has 0 saturated carbocycles. The molecular formula is C11H14IN3OS. The number of halogens is 1. The van der Waals surface area contributed by atoms with Gasteiger partial charge < -0.3 is 28.7 Å². The van der Waals surface area contributed by atoms with Crippen LogP contribution in [0.25, 0.3) is 11.3 Å². The van der Waals surface area contributed by atoms with Crippen LogP contribution in [0.4, 0.5) is 0 Å². The average Bonchev–Trinajstić information content (AvgIpc) is 2.74. The Morgan fingerprint density at radius 1 is 1.41 bits per heavy atom. The number of pyridine rings is 1. The van der Waals surface area contributed by atoms with Crippen molar-refractivity contribution in [2.24, 2.45) is 7.05 Å². The van der Waals surface area contributed by atoms with Crippen molar-refractivity contribution in [3.05, 3.63) is 24.5 Å². The van der Waals surface area contributed by atoms with Crippen LogP contribution in [-0.2, 0) is 7.05 Å². The first-order valence-electron chi connectivity index (χ1n) is 5.22. The molecule has 0 atom stereocenters. The van der Waals surface area contributed by atoms with Crippen molar-refractivity contribution in [1.29, 1.82) is 0 Å². The van der Waals surface area contributed by atoms with E-state index in [9.17, 15) is 0 Å². The molecule has 2 aromatic heterocycles. The van der Waals surface area contributed by atoms with E-state index >= 15 is 0 Å². The van der Waals surface area contributed by atoms with Crippen LogP contribution in [0.5, 0.6) is 5.88 Å². The molecular weight excluding hydrogens is 349 g/mol. The van der Waals surface area contributed by atoms with E-state index in [1.54, 1.807) is 0 Å². The topological polar surface area (TPSA) is 38.9 Å². The van der Waals surface area contributed by atoms with Crippen molar-refractivity contribution in [1.82, 2.24) is 8.75 Å². The molecule has 2 aromatic rings. The SMILES string of the molecule is CCCOc1nsnc1-c1ccc[n+](C)c1.[I-]. The molecule has 0 aliphatic carbocycles. The largest absolute Gasteiger partial charge is 1.00 e. The molecule has 2 rings (SSSR count). The van der Waals surface area contributed by atoms with Crippen molar-refractivity contribution in [2.45, 2.75) is 13.3 Å². The third-order valence-electron chi connectivity index (χ3n) is 2.11. The molecule has 0 unspecified atom stereocenters. The first kappa shape index (κ1) is 14.3. The zero-order chi connectivity index (χ0) is 11.4. The minimum Gasteiger partial charge on any atom is -1.00 e. The van der Waals surface area contributed by atoms with Crippen molar-refractivity contribution >= 4 is 11.7 Å². The number of hydrogen-bond acceptors (Lipinski definition) is 4. The van der Waals surface area contributed by atoms with Gasteiger partial charge in [-0.25, -0.2) is 4.57 Å². The van der Waals surface area contributed by atoms with Crippen molar-refractivity contribution in [3.8, 4) is 17.1 Å². The van der Waals surface area contributed by atoms with Gasteiger partial charge in [-0.1, -0.05) is 6.92 Å². The maximum Gasteiger partial charge on any atom is 0.254 e. The highest BCUT2D eigenvalue weighted by Gasteiger charge is 2.13. The molecule has 0 N–H and O–H groups in total. The summed E-state index contributed by atoms with van der Waals surface area (Å²) < 4.78 is 16.0. The molecule has 0 aromatic carbocycles. The van der Waals surface area contributed by atoms with Gasteiger partial charge in [0, 0.05) is 6.07 Å². The number of ether oxygens (including phenoxy) is 1. The Morgan fingerprint density at radius 2 is 2.24 bits per heavy atom. The lowest BCUT2D eigenvalue weighted by atomic mass is 10.2. The summed E-state index contributed by atoms with van der Waals surface area (Å²) in [5.41, 5.74) is 1.86. The van der Waals surface area contributed by atoms with Crippen LogP contribution in [0.1, 0.15) is 13.3 Å². The fourth-order valence-electron chi connectivity index (χ4n) is 1.38. The Hall–Kier alpha value is -0.760. The maximum atomic E-state index is 5.55. The summed E-state index contributed by atoms with van der Waals surface area (Å²) in [6.45, 7) is 2.75. The van der Waals surface area contributed by atoms with Gasteiger partial charge in [-0.15, -0.1) is 4.37 Å². The molecule has 92 valence electrons. The summed E-state index contributed by atoms with van der Waals surface area (Å²) in [7, 11) is 1.98. The Kier molecular flexibility index (Phi) is 5.76. The van der Waals surface area contributed by atoms with E-state index in [0.29, 0.717) is 12.5 Å². The number of rotatable bonds is 4. The van der Waals surface area contributed by atoms with Gasteiger partial charge in [0.2, 0.25) is 0 Å². The smallest absolute Gasteiger partial charge is 0.254 e. The molecule has 4 nitrogen and oxygen atoms in total. The predicted octanol–water partition coefficient (Wildman–Crippen LogP) is -1.18. The second-order valence-electron chi connectivity index (χ2n) is 3.52. The van der Waals surface area contributed by atoms with Gasteiger partial charge >= 0.3 is 0 Å². The molecule has 0 bridgehead atoms. The van der Waals surface area contributed by atoms with Crippen LogP contribution in [0.15, 0.2) is 24.5 Å². The highest BCUT2D eigenvalue weighted by Crippen LogP contribution is 2.26. The molecule has 0 saturated heterocycles. The number of hydrogen-bond donors (Lipinski definition) is 0. The van der Waals surface area contributed by atoms with Gasteiger partial charge in [0.05, 0.1) is 23.9 Å². The molecule has 0 spiro atoms. The van der Waals surface area contributed by atoms with Crippen LogP contribution in [0, 0.1) is 0 Å². The van der Waals surface area contributed by atoms with Crippen LogP contribution in [-0.4, -0.2) is 15.4 Å². The van der Waals surface area contributed by atoms with Gasteiger partial charge in [-0.2, -0.15) is 4.37 Å². The van der Waals surface area contributed by atoms with E-state index in [2.05, 4.69) is 15.7 Å². The number of nitrogens with zero attached hydrogens (tertiary/aromatic N) is 3. The van der Waals surface area contributed by atoms with Crippen molar-refractivity contribution in [2.75, 3.05) is 6.61 Å². The monoisotopic (exact) mass is 363 g/mol. The molecule has 0 aliphatic heterocycles. The standard InChI is InChI=1S/C11H14N3OS.HI/c1-3-7-15-11-10(12-16-13-11)9-5-4-6-14(2)8-9;/h4-6,8H,3,7H2,1-2H3;1H/q+1;/p-1. The van der Waals surface area contributed by atoms with E-state index in [1.807, 2.05) is 36.1 Å². The third-order valence-corrected chi connectivity index (χ3v) is 2.63. The van der Waals surface area contributed by atoms with E-state index in [4.69, 9.17) is 4.74 Å². The first-order chi connectivity index (χ1) is 7.81. The lowest BCUT2D eigenvalue weighted by molar-refractivity contribution is -0.671. The molecule has 0 amide bonds. The highest BCUT2D eigenvalue weighted by molar-refractivity contribution is 6.99. The van der Waals surface area contributed by atoms with Crippen LogP contribution < -0.4 is 33.3 Å². The van der Waals surface area contributed by atoms with Gasteiger partial charge in [0.25, 0.3) is 5.88 Å². The fourth-order valence-corrected chi connectivity index (χ4v) is 1.90. The summed E-state index contributed by atoms with van der Waals surface area (Å²) in [6, 6.07) is 3.99. The minimum absolute atomic E-state index is 0. The number of aryl methyl sites for hydroxylation is 1. The highest BCUT2D eigenvalue weighted by atomic mass is 127. The predicted molar refractivity (Wildman–Crippen MR) is 62.3 cm³/mol. The summed E-state index contributed by atoms with van der Waals surface area (Å²) in [5, 5.41) is 0. The summed E-state index contributed by atoms with van der Waals surface area (Å²) in [5.74, 6) is 0.637. The van der Waals surface area contributed by atoms with E-state index in [1.165, 1.54) is 11.7 Å². The van der Waals surface area contributed by atoms with Crippen LogP contribution in [0.3, 0.4) is 0 Å². The van der Waals surface area contributed by atoms with Gasteiger partial charge in [0.1, 0.15) is 7.05 Å². The van der Waals surface area contributed by atoms with Crippen LogP contribution in [0.2, 0.25) is 0 Å². The summed E-state index contributed by atoms with van der Waals surface area (Å²) in [6.07, 6.45) is 4.96. The lowest BCUT2D eigenvalue weighted by Crippen LogP contribution is -3.00. The molecule has 0 aliphatic rings. The normalized spacial score (nSPS) is 9.76. The van der Waals surface area contributed by atoms with Gasteiger partial charge in [0.15, 0.2) is 18.1 Å². The maximum absolute atomic E-state index is 5.55. The fraction of sp³-hybridized carbons (Fsp3) is 0.364. The third kappa shape index (κ3) is 3.60. The second kappa shape index (κ2) is 6.85.